The predicted molar refractivity (Wildman–Crippen MR) is 73.8 cm³/mol. The minimum Gasteiger partial charge on any atom is -0.464 e. The molecule has 0 atom stereocenters. The summed E-state index contributed by atoms with van der Waals surface area (Å²) in [4.78, 5) is 22.9. The first-order valence-electron chi connectivity index (χ1n) is 5.43. The van der Waals surface area contributed by atoms with E-state index in [1.807, 2.05) is 0 Å². The molecule has 0 heterocycles. The molecule has 7 heteroatoms. The van der Waals surface area contributed by atoms with Crippen molar-refractivity contribution in [1.29, 1.82) is 0 Å². The van der Waals surface area contributed by atoms with Crippen molar-refractivity contribution in [2.24, 2.45) is 5.10 Å². The predicted octanol–water partition coefficient (Wildman–Crippen LogP) is 1.95. The van der Waals surface area contributed by atoms with Gasteiger partial charge >= 0.3 is 11.9 Å². The molecule has 0 aliphatic carbocycles. The second-order valence-corrected chi connectivity index (χ2v) is 4.21. The number of benzene rings is 1. The van der Waals surface area contributed by atoms with Gasteiger partial charge < -0.3 is 9.47 Å². The Kier molecular flexibility index (Phi) is 6.01. The number of ether oxygens (including phenoxy) is 2. The van der Waals surface area contributed by atoms with E-state index in [4.69, 9.17) is 4.74 Å². The number of hydrogen-bond acceptors (Lipinski definition) is 6. The van der Waals surface area contributed by atoms with Crippen molar-refractivity contribution < 1.29 is 19.1 Å². The van der Waals surface area contributed by atoms with Crippen LogP contribution in [0.3, 0.4) is 0 Å². The average molecular weight is 329 g/mol. The van der Waals surface area contributed by atoms with Crippen LogP contribution in [0.15, 0.2) is 33.8 Å². The minimum atomic E-state index is -0.858. The van der Waals surface area contributed by atoms with Gasteiger partial charge in [0, 0.05) is 4.47 Å². The van der Waals surface area contributed by atoms with Gasteiger partial charge in [-0.3, -0.25) is 5.43 Å². The summed E-state index contributed by atoms with van der Waals surface area (Å²) < 4.78 is 10.1. The molecule has 1 aromatic rings. The molecule has 6 nitrogen and oxygen atoms in total. The molecular weight excluding hydrogens is 316 g/mol. The maximum Gasteiger partial charge on any atom is 0.366 e. The number of anilines is 1. The Balaban J connectivity index is 2.85. The smallest absolute Gasteiger partial charge is 0.366 e. The maximum atomic E-state index is 11.5. The molecule has 102 valence electrons. The number of nitrogens with one attached hydrogen (secondary N) is 1. The highest BCUT2D eigenvalue weighted by Gasteiger charge is 2.22. The molecule has 19 heavy (non-hydrogen) atoms. The van der Waals surface area contributed by atoms with E-state index in [9.17, 15) is 9.59 Å². The Bertz CT molecular complexity index is 485. The van der Waals surface area contributed by atoms with Crippen LogP contribution in [-0.2, 0) is 19.1 Å². The monoisotopic (exact) mass is 328 g/mol. The Morgan fingerprint density at radius 1 is 1.26 bits per heavy atom. The fourth-order valence-corrected chi connectivity index (χ4v) is 1.38. The van der Waals surface area contributed by atoms with Gasteiger partial charge in [-0.05, 0) is 31.2 Å². The van der Waals surface area contributed by atoms with Gasteiger partial charge in [-0.2, -0.15) is 5.10 Å². The molecule has 0 spiro atoms. The van der Waals surface area contributed by atoms with E-state index in [-0.39, 0.29) is 6.61 Å². The van der Waals surface area contributed by atoms with Crippen LogP contribution in [0.1, 0.15) is 6.92 Å². The maximum absolute atomic E-state index is 11.5. The van der Waals surface area contributed by atoms with E-state index in [0.29, 0.717) is 5.69 Å². The SMILES string of the molecule is CCOC(=O)/C(=N/Nc1ccc(Br)cc1)C(=O)OC. The lowest BCUT2D eigenvalue weighted by Gasteiger charge is -2.05. The van der Waals surface area contributed by atoms with Crippen molar-refractivity contribution in [3.63, 3.8) is 0 Å². The molecule has 1 aromatic carbocycles. The highest BCUT2D eigenvalue weighted by atomic mass is 79.9. The molecule has 0 aliphatic rings. The van der Waals surface area contributed by atoms with Gasteiger partial charge in [0.15, 0.2) is 0 Å². The van der Waals surface area contributed by atoms with Gasteiger partial charge in [-0.15, -0.1) is 0 Å². The van der Waals surface area contributed by atoms with E-state index in [1.54, 1.807) is 31.2 Å². The van der Waals surface area contributed by atoms with Crippen molar-refractivity contribution in [2.75, 3.05) is 19.1 Å². The van der Waals surface area contributed by atoms with Crippen LogP contribution in [0.5, 0.6) is 0 Å². The standard InChI is InChI=1S/C12H13BrN2O4/c1-3-19-12(17)10(11(16)18-2)15-14-9-6-4-8(13)5-7-9/h4-7,14H,3H2,1-2H3/b15-10+. The molecule has 0 aromatic heterocycles. The van der Waals surface area contributed by atoms with Crippen molar-refractivity contribution in [2.45, 2.75) is 6.92 Å². The number of hydrazone groups is 1. The van der Waals surface area contributed by atoms with Crippen molar-refractivity contribution in [3.05, 3.63) is 28.7 Å². The number of methoxy groups -OCH3 is 1. The fraction of sp³-hybridized carbons (Fsp3) is 0.250. The summed E-state index contributed by atoms with van der Waals surface area (Å²) in [6, 6.07) is 7.04. The zero-order valence-corrected chi connectivity index (χ0v) is 12.1. The number of halogens is 1. The lowest BCUT2D eigenvalue weighted by atomic mass is 10.3. The van der Waals surface area contributed by atoms with Crippen LogP contribution < -0.4 is 5.43 Å². The van der Waals surface area contributed by atoms with E-state index in [1.165, 1.54) is 0 Å². The summed E-state index contributed by atoms with van der Waals surface area (Å²) in [5.41, 5.74) is 2.77. The van der Waals surface area contributed by atoms with Gasteiger partial charge in [0.25, 0.3) is 5.71 Å². The van der Waals surface area contributed by atoms with E-state index < -0.39 is 17.7 Å². The average Bonchev–Trinajstić information content (AvgIpc) is 2.41. The van der Waals surface area contributed by atoms with E-state index in [0.717, 1.165) is 11.6 Å². The lowest BCUT2D eigenvalue weighted by Crippen LogP contribution is -2.28. The Morgan fingerprint density at radius 2 is 1.89 bits per heavy atom. The summed E-state index contributed by atoms with van der Waals surface area (Å²) in [5.74, 6) is -1.69. The first-order chi connectivity index (χ1) is 9.08. The van der Waals surface area contributed by atoms with Crippen molar-refractivity contribution >= 4 is 39.3 Å². The molecule has 0 radical (unpaired) electrons. The number of esters is 2. The third-order valence-electron chi connectivity index (χ3n) is 1.99. The minimum absolute atomic E-state index is 0.146. The van der Waals surface area contributed by atoms with Crippen LogP contribution in [0.4, 0.5) is 5.69 Å². The molecular formula is C12H13BrN2O4. The Morgan fingerprint density at radius 3 is 2.42 bits per heavy atom. The molecule has 1 N–H and O–H groups in total. The molecule has 0 saturated carbocycles. The summed E-state index contributed by atoms with van der Waals surface area (Å²) in [7, 11) is 1.16. The van der Waals surface area contributed by atoms with E-state index in [2.05, 4.69) is 31.2 Å². The van der Waals surface area contributed by atoms with Gasteiger partial charge in [0.05, 0.1) is 19.4 Å². The third kappa shape index (κ3) is 4.70. The van der Waals surface area contributed by atoms with Crippen LogP contribution in [0.25, 0.3) is 0 Å². The Hall–Kier alpha value is -1.89. The van der Waals surface area contributed by atoms with Crippen LogP contribution in [0, 0.1) is 0 Å². The van der Waals surface area contributed by atoms with Gasteiger partial charge in [-0.25, -0.2) is 9.59 Å². The fourth-order valence-electron chi connectivity index (χ4n) is 1.12. The zero-order chi connectivity index (χ0) is 14.3. The molecule has 0 fully saturated rings. The highest BCUT2D eigenvalue weighted by molar-refractivity contribution is 9.10. The molecule has 0 bridgehead atoms. The van der Waals surface area contributed by atoms with Crippen molar-refractivity contribution in [1.82, 2.24) is 0 Å². The topological polar surface area (TPSA) is 77.0 Å². The Labute approximate surface area is 118 Å². The van der Waals surface area contributed by atoms with Gasteiger partial charge in [-0.1, -0.05) is 15.9 Å². The summed E-state index contributed by atoms with van der Waals surface area (Å²) >= 11 is 3.29. The van der Waals surface area contributed by atoms with E-state index >= 15 is 0 Å². The van der Waals surface area contributed by atoms with Crippen LogP contribution in [0.2, 0.25) is 0 Å². The van der Waals surface area contributed by atoms with Gasteiger partial charge in [0.1, 0.15) is 0 Å². The number of hydrogen-bond donors (Lipinski definition) is 1. The summed E-state index contributed by atoms with van der Waals surface area (Å²) in [5, 5.41) is 3.72. The molecule has 1 rings (SSSR count). The lowest BCUT2D eigenvalue weighted by molar-refractivity contribution is -0.139. The molecule has 0 saturated heterocycles. The largest absolute Gasteiger partial charge is 0.464 e. The quantitative estimate of drug-likeness (QED) is 0.387. The van der Waals surface area contributed by atoms with Crippen LogP contribution in [-0.4, -0.2) is 31.4 Å². The zero-order valence-electron chi connectivity index (χ0n) is 10.5. The first kappa shape index (κ1) is 15.2. The van der Waals surface area contributed by atoms with Gasteiger partial charge in [0.2, 0.25) is 0 Å². The number of rotatable bonds is 5. The second-order valence-electron chi connectivity index (χ2n) is 3.29. The number of carbonyl (C=O) groups is 2. The van der Waals surface area contributed by atoms with Crippen LogP contribution >= 0.6 is 15.9 Å². The first-order valence-corrected chi connectivity index (χ1v) is 6.22. The molecule has 0 amide bonds. The normalized spacial score (nSPS) is 10.8. The molecule has 0 aliphatic heterocycles. The summed E-state index contributed by atoms with van der Waals surface area (Å²) in [6.45, 7) is 1.78. The number of nitrogens with zero attached hydrogens (tertiary/aromatic N) is 1. The van der Waals surface area contributed by atoms with Crippen molar-refractivity contribution in [3.8, 4) is 0 Å². The molecule has 0 unspecified atom stereocenters. The number of carbonyl (C=O) groups excluding carboxylic acids is 2. The summed E-state index contributed by atoms with van der Waals surface area (Å²) in [6.07, 6.45) is 0. The second kappa shape index (κ2) is 7.52. The highest BCUT2D eigenvalue weighted by Crippen LogP contribution is 2.14. The third-order valence-corrected chi connectivity index (χ3v) is 2.52.